The number of nitrogens with one attached hydrogen (secondary N) is 2. The van der Waals surface area contributed by atoms with Gasteiger partial charge in [0.15, 0.2) is 16.8 Å². The Bertz CT molecular complexity index is 1640. The van der Waals surface area contributed by atoms with E-state index in [1.165, 1.54) is 12.1 Å². The molecule has 1 unspecified atom stereocenters. The predicted molar refractivity (Wildman–Crippen MR) is 165 cm³/mol. The minimum atomic E-state index is -4.96. The van der Waals surface area contributed by atoms with E-state index in [2.05, 4.69) is 23.5 Å². The van der Waals surface area contributed by atoms with Gasteiger partial charge in [0.1, 0.15) is 16.5 Å². The molecule has 0 saturated heterocycles. The van der Waals surface area contributed by atoms with Gasteiger partial charge in [-0.15, -0.1) is 0 Å². The van der Waals surface area contributed by atoms with E-state index in [4.69, 9.17) is 13.5 Å². The largest absolute Gasteiger partial charge is 0.471 e. The Balaban J connectivity index is 0.000000913. The fourth-order valence-electron chi connectivity index (χ4n) is 4.65. The van der Waals surface area contributed by atoms with Crippen molar-refractivity contribution in [2.24, 2.45) is 0 Å². The summed E-state index contributed by atoms with van der Waals surface area (Å²) in [6.07, 6.45) is -5.65. The zero-order valence-corrected chi connectivity index (χ0v) is 26.6. The first-order valence-electron chi connectivity index (χ1n) is 14.7. The zero-order chi connectivity index (χ0) is 34.8. The normalized spacial score (nSPS) is 14.7. The number of benzene rings is 2. The van der Waals surface area contributed by atoms with Crippen LogP contribution >= 0.6 is 7.60 Å². The Kier molecular flexibility index (Phi) is 13.3. The van der Waals surface area contributed by atoms with Crippen LogP contribution in [0.15, 0.2) is 58.3 Å². The molecule has 0 fully saturated rings. The van der Waals surface area contributed by atoms with Crippen LogP contribution in [0.1, 0.15) is 43.2 Å². The number of fused-ring (bicyclic) bond motifs is 3. The highest BCUT2D eigenvalue weighted by Crippen LogP contribution is 2.51. The Labute approximate surface area is 267 Å². The summed E-state index contributed by atoms with van der Waals surface area (Å²) >= 11 is 0. The van der Waals surface area contributed by atoms with Gasteiger partial charge in [-0.1, -0.05) is 18.7 Å². The van der Waals surface area contributed by atoms with Gasteiger partial charge >= 0.3 is 25.9 Å². The molecule has 16 heteroatoms. The topological polar surface area (TPSA) is 120 Å². The molecule has 0 saturated carbocycles. The Morgan fingerprint density at radius 2 is 1.68 bits per heavy atom. The number of aryl methyl sites for hydroxylation is 1. The van der Waals surface area contributed by atoms with Crippen molar-refractivity contribution in [1.82, 2.24) is 15.6 Å². The lowest BCUT2D eigenvalue weighted by atomic mass is 9.88. The van der Waals surface area contributed by atoms with E-state index in [0.717, 1.165) is 30.5 Å². The molecular weight excluding hydrogens is 655 g/mol. The van der Waals surface area contributed by atoms with E-state index in [1.807, 2.05) is 18.4 Å². The molecule has 0 radical (unpaired) electrons. The van der Waals surface area contributed by atoms with Crippen LogP contribution in [0.5, 0.6) is 0 Å². The molecule has 1 aromatic carbocycles. The average molecular weight is 692 g/mol. The third kappa shape index (κ3) is 11.0. The first-order valence-corrected chi connectivity index (χ1v) is 16.3. The van der Waals surface area contributed by atoms with E-state index < -0.39 is 25.9 Å². The maximum absolute atomic E-state index is 14.7. The number of alkyl halides is 6. The van der Waals surface area contributed by atoms with Crippen LogP contribution in [0, 0.1) is 0 Å². The number of amides is 1. The number of allylic oxidation sites excluding steroid dienone is 2. The van der Waals surface area contributed by atoms with Gasteiger partial charge in [-0.3, -0.25) is 14.2 Å². The molecule has 47 heavy (non-hydrogen) atoms. The molecule has 0 bridgehead atoms. The van der Waals surface area contributed by atoms with Crippen molar-refractivity contribution < 1.29 is 49.2 Å². The summed E-state index contributed by atoms with van der Waals surface area (Å²) in [5.41, 5.74) is 3.39. The zero-order valence-electron chi connectivity index (χ0n) is 25.7. The Hall–Kier alpha value is -3.52. The van der Waals surface area contributed by atoms with Crippen LogP contribution in [-0.2, 0) is 31.2 Å². The summed E-state index contributed by atoms with van der Waals surface area (Å²) in [6, 6.07) is 6.14. The molecule has 3 aliphatic rings. The third-order valence-corrected chi connectivity index (χ3v) is 9.02. The first kappa shape index (κ1) is 37.9. The third-order valence-electron chi connectivity index (χ3n) is 6.95. The van der Waals surface area contributed by atoms with Crippen LogP contribution in [-0.4, -0.2) is 56.6 Å². The van der Waals surface area contributed by atoms with E-state index in [-0.39, 0.29) is 60.8 Å². The molecular formula is C31H36F6N3O6P. The molecule has 1 aromatic rings. The van der Waals surface area contributed by atoms with Gasteiger partial charge < -0.3 is 24.1 Å². The van der Waals surface area contributed by atoms with Crippen molar-refractivity contribution in [3.63, 3.8) is 0 Å². The number of aromatic nitrogens is 1. The standard InChI is InChI=1S/C28H33F3N3O6P.C3H3F3/c1-18-7-8-19-16-23-25(40-24-17-20(35)9-10-22(24)34-23)26(21(19)15-18)41(37,38-13-5-3-11-32-2)39-14-6-4-12-33-27(36)28(29,30)31;1-2-3(4,5)6/h9-10,16-17,32H,1,3-8,11-15H2,2H3,(H,33,36);2H,1H2. The number of carbonyl (C=O) groups excluding carboxylic acids is 1. The second-order valence-corrected chi connectivity index (χ2v) is 12.6. The van der Waals surface area contributed by atoms with Crippen molar-refractivity contribution in [1.29, 1.82) is 0 Å². The second-order valence-electron chi connectivity index (χ2n) is 10.7. The first-order chi connectivity index (χ1) is 22.1. The van der Waals surface area contributed by atoms with Gasteiger partial charge in [0.2, 0.25) is 0 Å². The lowest BCUT2D eigenvalue weighted by molar-refractivity contribution is -0.173. The van der Waals surface area contributed by atoms with Crippen LogP contribution in [0.3, 0.4) is 0 Å². The molecule has 0 spiro atoms. The van der Waals surface area contributed by atoms with Gasteiger partial charge in [0, 0.05) is 18.7 Å². The molecule has 9 nitrogen and oxygen atoms in total. The van der Waals surface area contributed by atoms with E-state index in [0.29, 0.717) is 36.0 Å². The molecule has 2 N–H and O–H groups in total. The Morgan fingerprint density at radius 3 is 2.28 bits per heavy atom. The number of rotatable bonds is 13. The number of unbranched alkanes of at least 4 members (excludes halogenated alkanes) is 2. The number of carbonyl (C=O) groups is 1. The fourth-order valence-corrected chi connectivity index (χ4v) is 6.68. The van der Waals surface area contributed by atoms with E-state index >= 15 is 0 Å². The van der Waals surface area contributed by atoms with Crippen molar-refractivity contribution in [2.75, 3.05) is 33.4 Å². The summed E-state index contributed by atoms with van der Waals surface area (Å²) in [7, 11) is -2.25. The molecule has 4 rings (SSSR count). The molecule has 0 aromatic heterocycles. The molecule has 1 atom stereocenters. The molecule has 1 amide bonds. The van der Waals surface area contributed by atoms with E-state index in [1.54, 1.807) is 6.07 Å². The second kappa shape index (κ2) is 16.5. The summed E-state index contributed by atoms with van der Waals surface area (Å²) < 4.78 is 102. The highest BCUT2D eigenvalue weighted by Gasteiger charge is 2.39. The predicted octanol–water partition coefficient (Wildman–Crippen LogP) is 6.38. The number of hydrogen-bond acceptors (Lipinski definition) is 8. The number of hydrogen-bond donors (Lipinski definition) is 2. The Morgan fingerprint density at radius 1 is 1.04 bits per heavy atom. The fraction of sp³-hybridized carbons (Fsp3) is 0.452. The quantitative estimate of drug-likeness (QED) is 0.0697. The van der Waals surface area contributed by atoms with Gasteiger partial charge in [-0.2, -0.15) is 26.3 Å². The van der Waals surface area contributed by atoms with Gasteiger partial charge in [-0.25, -0.2) is 4.98 Å². The summed E-state index contributed by atoms with van der Waals surface area (Å²) in [6.45, 7) is 7.17. The lowest BCUT2D eigenvalue weighted by Crippen LogP contribution is -2.37. The highest BCUT2D eigenvalue weighted by atomic mass is 31.2. The van der Waals surface area contributed by atoms with Crippen molar-refractivity contribution in [2.45, 2.75) is 57.3 Å². The van der Waals surface area contributed by atoms with Crippen LogP contribution in [0.4, 0.5) is 26.3 Å². The smallest absolute Gasteiger partial charge is 0.452 e. The van der Waals surface area contributed by atoms with Crippen LogP contribution in [0.25, 0.3) is 22.6 Å². The van der Waals surface area contributed by atoms with Crippen molar-refractivity contribution >= 4 is 29.9 Å². The average Bonchev–Trinajstić information content (AvgIpc) is 3.00. The molecule has 1 heterocycles. The highest BCUT2D eigenvalue weighted by molar-refractivity contribution is 7.62. The van der Waals surface area contributed by atoms with Gasteiger partial charge in [0.05, 0.1) is 13.2 Å². The number of halogens is 6. The van der Waals surface area contributed by atoms with Crippen molar-refractivity contribution in [3.8, 4) is 11.5 Å². The minimum absolute atomic E-state index is 0.0625. The summed E-state index contributed by atoms with van der Waals surface area (Å²) in [4.78, 5) is 27.8. The van der Waals surface area contributed by atoms with Crippen LogP contribution in [0.2, 0.25) is 0 Å². The lowest BCUT2D eigenvalue weighted by Gasteiger charge is -2.27. The van der Waals surface area contributed by atoms with Gasteiger partial charge in [0.25, 0.3) is 0 Å². The minimum Gasteiger partial charge on any atom is -0.452 e. The van der Waals surface area contributed by atoms with Gasteiger partial charge in [-0.05, 0) is 87.9 Å². The molecule has 1 aliphatic heterocycles. The SMILES string of the molecule is C=C1CCc2cc3nc4ccc(=O)cc-4oc3c(P(=O)(OCCCCNC)OCCCCNC(=O)C(F)(F)F)c2C1.C=CC(F)(F)F. The summed E-state index contributed by atoms with van der Waals surface area (Å²) in [5.74, 6) is -1.79. The molecule has 2 aliphatic carbocycles. The summed E-state index contributed by atoms with van der Waals surface area (Å²) in [5, 5.41) is 5.09. The monoisotopic (exact) mass is 691 g/mol. The molecule has 258 valence electrons. The maximum Gasteiger partial charge on any atom is 0.471 e. The maximum atomic E-state index is 14.7. The van der Waals surface area contributed by atoms with E-state index in [9.17, 15) is 40.5 Å². The number of nitrogens with zero attached hydrogens (tertiary/aromatic N) is 1. The van der Waals surface area contributed by atoms with Crippen LogP contribution < -0.4 is 21.4 Å². The van der Waals surface area contributed by atoms with Crippen molar-refractivity contribution in [3.05, 3.63) is 70.4 Å².